The zero-order chi connectivity index (χ0) is 9.97. The maximum atomic E-state index is 10.7. The summed E-state index contributed by atoms with van der Waals surface area (Å²) in [5.41, 5.74) is 2.70. The van der Waals surface area contributed by atoms with Crippen LogP contribution in [0.1, 0.15) is 36.2 Å². The van der Waals surface area contributed by atoms with Crippen LogP contribution >= 0.6 is 11.3 Å². The molecule has 1 radical (unpaired) electrons. The molecule has 0 saturated heterocycles. The lowest BCUT2D eigenvalue weighted by Crippen LogP contribution is -2.15. The van der Waals surface area contributed by atoms with E-state index in [1.54, 1.807) is 0 Å². The number of hydrogen-bond donors (Lipinski definition) is 2. The minimum Gasteiger partial charge on any atom is -0.476 e. The lowest BCUT2D eigenvalue weighted by atomic mass is 10.2. The van der Waals surface area contributed by atoms with Gasteiger partial charge in [-0.1, -0.05) is 24.2 Å². The third-order valence-electron chi connectivity index (χ3n) is 2.41. The van der Waals surface area contributed by atoms with Crippen molar-refractivity contribution in [3.8, 4) is 0 Å². The van der Waals surface area contributed by atoms with E-state index in [-0.39, 0.29) is 5.69 Å². The molecule has 0 unspecified atom stereocenters. The predicted octanol–water partition coefficient (Wildman–Crippen LogP) is 2.00. The number of nitrogens with one attached hydrogen (secondary N) is 1. The Kier molecular flexibility index (Phi) is 2.67. The van der Waals surface area contributed by atoms with E-state index in [9.17, 15) is 4.79 Å². The van der Waals surface area contributed by atoms with Crippen molar-refractivity contribution in [2.75, 3.05) is 5.32 Å². The van der Waals surface area contributed by atoms with Crippen LogP contribution in [0.4, 0.5) is 5.00 Å². The molecule has 1 saturated carbocycles. The Morgan fingerprint density at radius 3 is 2.93 bits per heavy atom. The summed E-state index contributed by atoms with van der Waals surface area (Å²) in [5, 5.41) is 12.7. The van der Waals surface area contributed by atoms with E-state index in [1.165, 1.54) is 24.2 Å². The van der Waals surface area contributed by atoms with Gasteiger partial charge in [-0.25, -0.2) is 9.78 Å². The summed E-state index contributed by atoms with van der Waals surface area (Å²) in [7, 11) is 0. The van der Waals surface area contributed by atoms with Crippen LogP contribution in [-0.2, 0) is 0 Å². The number of carboxylic acid groups (broad SMARTS) is 1. The zero-order valence-corrected chi connectivity index (χ0v) is 8.43. The summed E-state index contributed by atoms with van der Waals surface area (Å²) in [5.74, 6) is -0.983. The van der Waals surface area contributed by atoms with Crippen molar-refractivity contribution >= 4 is 22.3 Å². The third-order valence-corrected chi connectivity index (χ3v) is 3.11. The van der Waals surface area contributed by atoms with Gasteiger partial charge in [-0.2, -0.15) is 0 Å². The van der Waals surface area contributed by atoms with Gasteiger partial charge in [-0.15, -0.1) is 0 Å². The molecular weight excluding hydrogens is 200 g/mol. The molecule has 1 aromatic heterocycles. The second-order valence-corrected chi connectivity index (χ2v) is 4.21. The van der Waals surface area contributed by atoms with E-state index >= 15 is 0 Å². The standard InChI is InChI=1S/C9H11N2O2S/c12-9(13)7-8(14-5-10-7)11-6-3-1-2-4-6/h6,11H,1-4H2,(H,12,13). The molecule has 4 nitrogen and oxygen atoms in total. The van der Waals surface area contributed by atoms with E-state index in [4.69, 9.17) is 5.11 Å². The molecule has 1 fully saturated rings. The molecule has 0 aromatic carbocycles. The van der Waals surface area contributed by atoms with Crippen LogP contribution in [0.25, 0.3) is 0 Å². The first-order valence-corrected chi connectivity index (χ1v) is 5.45. The zero-order valence-electron chi connectivity index (χ0n) is 7.62. The van der Waals surface area contributed by atoms with Gasteiger partial charge in [0.2, 0.25) is 0 Å². The van der Waals surface area contributed by atoms with E-state index in [0.717, 1.165) is 12.8 Å². The van der Waals surface area contributed by atoms with E-state index < -0.39 is 5.97 Å². The van der Waals surface area contributed by atoms with Gasteiger partial charge in [-0.3, -0.25) is 0 Å². The Balaban J connectivity index is 2.07. The lowest BCUT2D eigenvalue weighted by molar-refractivity contribution is 0.0692. The molecule has 0 amide bonds. The maximum absolute atomic E-state index is 10.7. The maximum Gasteiger partial charge on any atom is 0.357 e. The van der Waals surface area contributed by atoms with Crippen molar-refractivity contribution < 1.29 is 9.90 Å². The first-order chi connectivity index (χ1) is 6.77. The number of thiazole rings is 1. The minimum atomic E-state index is -0.983. The quantitative estimate of drug-likeness (QED) is 0.802. The number of carbonyl (C=O) groups is 1. The molecule has 0 atom stereocenters. The molecule has 0 spiro atoms. The molecular formula is C9H11N2O2S. The van der Waals surface area contributed by atoms with Gasteiger partial charge in [0.25, 0.3) is 0 Å². The van der Waals surface area contributed by atoms with Gasteiger partial charge < -0.3 is 10.4 Å². The Labute approximate surface area is 86.0 Å². The highest BCUT2D eigenvalue weighted by atomic mass is 32.1. The number of aromatic nitrogens is 1. The van der Waals surface area contributed by atoms with Gasteiger partial charge in [0.15, 0.2) is 11.2 Å². The fraction of sp³-hybridized carbons (Fsp3) is 0.556. The van der Waals surface area contributed by atoms with Gasteiger partial charge in [0, 0.05) is 6.04 Å². The highest BCUT2D eigenvalue weighted by Gasteiger charge is 2.19. The second-order valence-electron chi connectivity index (χ2n) is 3.41. The summed E-state index contributed by atoms with van der Waals surface area (Å²) in [6, 6.07) is 0.418. The highest BCUT2D eigenvalue weighted by Crippen LogP contribution is 2.26. The van der Waals surface area contributed by atoms with E-state index in [2.05, 4.69) is 15.8 Å². The molecule has 5 heteroatoms. The van der Waals surface area contributed by atoms with Crippen LogP contribution in [0.3, 0.4) is 0 Å². The Hall–Kier alpha value is -1.10. The third kappa shape index (κ3) is 1.87. The summed E-state index contributed by atoms with van der Waals surface area (Å²) >= 11 is 1.24. The number of nitrogens with zero attached hydrogens (tertiary/aromatic N) is 1. The van der Waals surface area contributed by atoms with Crippen molar-refractivity contribution in [2.24, 2.45) is 0 Å². The Bertz CT molecular complexity index is 331. The number of hydrogen-bond acceptors (Lipinski definition) is 4. The molecule has 1 aromatic rings. The Morgan fingerprint density at radius 1 is 1.57 bits per heavy atom. The Morgan fingerprint density at radius 2 is 2.29 bits per heavy atom. The number of aromatic carboxylic acids is 1. The smallest absolute Gasteiger partial charge is 0.357 e. The number of rotatable bonds is 3. The average Bonchev–Trinajstić information content (AvgIpc) is 2.75. The molecule has 2 rings (SSSR count). The van der Waals surface area contributed by atoms with Crippen LogP contribution in [0, 0.1) is 5.51 Å². The summed E-state index contributed by atoms with van der Waals surface area (Å²) in [6.07, 6.45) is 4.69. The van der Waals surface area contributed by atoms with Crippen molar-refractivity contribution in [1.82, 2.24) is 4.98 Å². The summed E-state index contributed by atoms with van der Waals surface area (Å²) < 4.78 is 0. The largest absolute Gasteiger partial charge is 0.476 e. The van der Waals surface area contributed by atoms with E-state index in [0.29, 0.717) is 11.0 Å². The van der Waals surface area contributed by atoms with Gasteiger partial charge in [-0.05, 0) is 12.8 Å². The van der Waals surface area contributed by atoms with Crippen molar-refractivity contribution in [1.29, 1.82) is 0 Å². The van der Waals surface area contributed by atoms with Gasteiger partial charge in [0.05, 0.1) is 0 Å². The van der Waals surface area contributed by atoms with Crippen LogP contribution in [-0.4, -0.2) is 22.1 Å². The first-order valence-electron chi connectivity index (χ1n) is 4.64. The van der Waals surface area contributed by atoms with E-state index in [1.807, 2.05) is 0 Å². The van der Waals surface area contributed by atoms with Gasteiger partial charge in [0.1, 0.15) is 5.00 Å². The molecule has 1 aliphatic rings. The monoisotopic (exact) mass is 211 g/mol. The van der Waals surface area contributed by atoms with Crippen LogP contribution < -0.4 is 5.32 Å². The summed E-state index contributed by atoms with van der Waals surface area (Å²) in [6.45, 7) is 0. The molecule has 0 aliphatic heterocycles. The van der Waals surface area contributed by atoms with Crippen molar-refractivity contribution in [3.63, 3.8) is 0 Å². The lowest BCUT2D eigenvalue weighted by Gasteiger charge is -2.11. The fourth-order valence-electron chi connectivity index (χ4n) is 1.71. The van der Waals surface area contributed by atoms with Crippen LogP contribution in [0.2, 0.25) is 0 Å². The average molecular weight is 211 g/mol. The number of carboxylic acids is 1. The highest BCUT2D eigenvalue weighted by molar-refractivity contribution is 7.13. The molecule has 1 heterocycles. The number of anilines is 1. The summed E-state index contributed by atoms with van der Waals surface area (Å²) in [4.78, 5) is 14.4. The molecule has 2 N–H and O–H groups in total. The molecule has 1 aliphatic carbocycles. The SMILES string of the molecule is O=C(O)c1n[c]sc1NC1CCCC1. The molecule has 0 bridgehead atoms. The van der Waals surface area contributed by atoms with Crippen LogP contribution in [0.5, 0.6) is 0 Å². The second kappa shape index (κ2) is 3.96. The topological polar surface area (TPSA) is 62.2 Å². The van der Waals surface area contributed by atoms with Crippen molar-refractivity contribution in [3.05, 3.63) is 11.2 Å². The van der Waals surface area contributed by atoms with Gasteiger partial charge >= 0.3 is 5.97 Å². The molecule has 75 valence electrons. The van der Waals surface area contributed by atoms with Crippen molar-refractivity contribution in [2.45, 2.75) is 31.7 Å². The molecule has 14 heavy (non-hydrogen) atoms. The predicted molar refractivity (Wildman–Crippen MR) is 53.8 cm³/mol. The minimum absolute atomic E-state index is 0.0990. The fourth-order valence-corrected chi connectivity index (χ4v) is 2.39. The normalized spacial score (nSPS) is 17.1. The van der Waals surface area contributed by atoms with Crippen LogP contribution in [0.15, 0.2) is 0 Å². The first kappa shape index (κ1) is 9.45.